The van der Waals surface area contributed by atoms with E-state index in [-0.39, 0.29) is 30.7 Å². The van der Waals surface area contributed by atoms with E-state index in [1.807, 2.05) is 0 Å². The number of benzene rings is 2. The summed E-state index contributed by atoms with van der Waals surface area (Å²) in [6.07, 6.45) is 0. The molecule has 0 aromatic heterocycles. The van der Waals surface area contributed by atoms with Gasteiger partial charge >= 0.3 is 0 Å². The van der Waals surface area contributed by atoms with Crippen molar-refractivity contribution >= 4 is 11.8 Å². The van der Waals surface area contributed by atoms with Gasteiger partial charge in [0.25, 0.3) is 11.8 Å². The standard InChI is InChI=1S/C16H13FN2O2/c17-14-6-5-10(7-11(14)8-18)9-19-15(20)12-3-1-2-4-13(12)16(19)21/h1-7H,8-9,18H2. The highest BCUT2D eigenvalue weighted by Gasteiger charge is 2.34. The molecule has 2 amide bonds. The lowest BCUT2D eigenvalue weighted by Gasteiger charge is -2.14. The zero-order valence-corrected chi connectivity index (χ0v) is 11.2. The lowest BCUT2D eigenvalue weighted by atomic mass is 10.1. The average Bonchev–Trinajstić information content (AvgIpc) is 2.74. The maximum atomic E-state index is 13.4. The summed E-state index contributed by atoms with van der Waals surface area (Å²) in [7, 11) is 0. The van der Waals surface area contributed by atoms with Crippen molar-refractivity contribution < 1.29 is 14.0 Å². The van der Waals surface area contributed by atoms with Crippen LogP contribution in [0.3, 0.4) is 0 Å². The lowest BCUT2D eigenvalue weighted by Crippen LogP contribution is -2.29. The molecule has 0 spiro atoms. The van der Waals surface area contributed by atoms with Crippen LogP contribution in [0.2, 0.25) is 0 Å². The Labute approximate surface area is 121 Å². The first-order chi connectivity index (χ1) is 10.1. The molecular formula is C16H13FN2O2. The van der Waals surface area contributed by atoms with Gasteiger partial charge in [0.1, 0.15) is 5.82 Å². The average molecular weight is 284 g/mol. The van der Waals surface area contributed by atoms with E-state index in [2.05, 4.69) is 0 Å². The normalized spacial score (nSPS) is 13.7. The van der Waals surface area contributed by atoms with Crippen LogP contribution < -0.4 is 5.73 Å². The number of imide groups is 1. The molecule has 1 aliphatic rings. The fourth-order valence-corrected chi connectivity index (χ4v) is 2.45. The molecular weight excluding hydrogens is 271 g/mol. The van der Waals surface area contributed by atoms with Crippen molar-refractivity contribution in [3.05, 3.63) is 70.5 Å². The van der Waals surface area contributed by atoms with E-state index in [0.29, 0.717) is 22.3 Å². The molecule has 3 rings (SSSR count). The largest absolute Gasteiger partial charge is 0.326 e. The number of fused-ring (bicyclic) bond motifs is 1. The highest BCUT2D eigenvalue weighted by Crippen LogP contribution is 2.24. The second kappa shape index (κ2) is 5.10. The summed E-state index contributed by atoms with van der Waals surface area (Å²) in [6.45, 7) is 0.182. The first-order valence-corrected chi connectivity index (χ1v) is 6.54. The summed E-state index contributed by atoms with van der Waals surface area (Å²) in [5.41, 5.74) is 7.31. The molecule has 2 N–H and O–H groups in total. The van der Waals surface area contributed by atoms with Crippen molar-refractivity contribution in [3.8, 4) is 0 Å². The van der Waals surface area contributed by atoms with E-state index in [4.69, 9.17) is 5.73 Å². The maximum absolute atomic E-state index is 13.4. The first kappa shape index (κ1) is 13.5. The number of amides is 2. The Bertz CT molecular complexity index is 708. The molecule has 0 radical (unpaired) electrons. The van der Waals surface area contributed by atoms with Gasteiger partial charge in [-0.1, -0.05) is 18.2 Å². The summed E-state index contributed by atoms with van der Waals surface area (Å²) in [6, 6.07) is 11.1. The lowest BCUT2D eigenvalue weighted by molar-refractivity contribution is 0.0642. The molecule has 0 aliphatic carbocycles. The van der Waals surface area contributed by atoms with Gasteiger partial charge in [-0.3, -0.25) is 14.5 Å². The van der Waals surface area contributed by atoms with Crippen molar-refractivity contribution in [2.24, 2.45) is 5.73 Å². The van der Waals surface area contributed by atoms with Gasteiger partial charge in [0.15, 0.2) is 0 Å². The van der Waals surface area contributed by atoms with Crippen molar-refractivity contribution in [2.45, 2.75) is 13.1 Å². The van der Waals surface area contributed by atoms with Crippen molar-refractivity contribution in [1.82, 2.24) is 4.90 Å². The molecule has 106 valence electrons. The number of rotatable bonds is 3. The Morgan fingerprint density at radius 3 is 2.19 bits per heavy atom. The third-order valence-corrected chi connectivity index (χ3v) is 3.55. The summed E-state index contributed by atoms with van der Waals surface area (Å²) in [5, 5.41) is 0. The highest BCUT2D eigenvalue weighted by molar-refractivity contribution is 6.21. The van der Waals surface area contributed by atoms with Crippen LogP contribution >= 0.6 is 0 Å². The van der Waals surface area contributed by atoms with E-state index in [1.54, 1.807) is 36.4 Å². The molecule has 4 nitrogen and oxygen atoms in total. The predicted molar refractivity (Wildman–Crippen MR) is 74.9 cm³/mol. The number of hydrogen-bond acceptors (Lipinski definition) is 3. The van der Waals surface area contributed by atoms with Gasteiger partial charge in [0.05, 0.1) is 17.7 Å². The van der Waals surface area contributed by atoms with Crippen molar-refractivity contribution in [3.63, 3.8) is 0 Å². The Balaban J connectivity index is 1.90. The Kier molecular flexibility index (Phi) is 3.27. The molecule has 0 bridgehead atoms. The van der Waals surface area contributed by atoms with Crippen LogP contribution in [0.15, 0.2) is 42.5 Å². The number of hydrogen-bond donors (Lipinski definition) is 1. The molecule has 1 aliphatic heterocycles. The van der Waals surface area contributed by atoms with E-state index in [0.717, 1.165) is 4.90 Å². The van der Waals surface area contributed by atoms with Gasteiger partial charge in [-0.15, -0.1) is 0 Å². The van der Waals surface area contributed by atoms with E-state index in [9.17, 15) is 14.0 Å². The van der Waals surface area contributed by atoms with Crippen molar-refractivity contribution in [2.75, 3.05) is 0 Å². The fourth-order valence-electron chi connectivity index (χ4n) is 2.45. The topological polar surface area (TPSA) is 63.4 Å². The van der Waals surface area contributed by atoms with Crippen LogP contribution in [0.5, 0.6) is 0 Å². The van der Waals surface area contributed by atoms with Crippen LogP contribution in [0.1, 0.15) is 31.8 Å². The molecule has 0 atom stereocenters. The van der Waals surface area contributed by atoms with E-state index >= 15 is 0 Å². The maximum Gasteiger partial charge on any atom is 0.261 e. The van der Waals surface area contributed by atoms with Crippen LogP contribution in [0.4, 0.5) is 4.39 Å². The Morgan fingerprint density at radius 2 is 1.62 bits per heavy atom. The van der Waals surface area contributed by atoms with Crippen LogP contribution in [0.25, 0.3) is 0 Å². The Morgan fingerprint density at radius 1 is 1.00 bits per heavy atom. The molecule has 5 heteroatoms. The second-order valence-corrected chi connectivity index (χ2v) is 4.87. The van der Waals surface area contributed by atoms with Crippen LogP contribution in [0, 0.1) is 5.82 Å². The molecule has 1 heterocycles. The van der Waals surface area contributed by atoms with Gasteiger partial charge in [-0.05, 0) is 29.8 Å². The van der Waals surface area contributed by atoms with Gasteiger partial charge in [-0.25, -0.2) is 4.39 Å². The second-order valence-electron chi connectivity index (χ2n) is 4.87. The fraction of sp³-hybridized carbons (Fsp3) is 0.125. The molecule has 2 aromatic carbocycles. The van der Waals surface area contributed by atoms with E-state index < -0.39 is 0 Å². The minimum Gasteiger partial charge on any atom is -0.326 e. The smallest absolute Gasteiger partial charge is 0.261 e. The zero-order chi connectivity index (χ0) is 15.0. The molecule has 0 fully saturated rings. The number of nitrogens with two attached hydrogens (primary N) is 1. The quantitative estimate of drug-likeness (QED) is 0.878. The molecule has 0 unspecified atom stereocenters. The van der Waals surface area contributed by atoms with Gasteiger partial charge in [0, 0.05) is 12.1 Å². The Hall–Kier alpha value is -2.53. The first-order valence-electron chi connectivity index (χ1n) is 6.54. The monoisotopic (exact) mass is 284 g/mol. The highest BCUT2D eigenvalue weighted by atomic mass is 19.1. The van der Waals surface area contributed by atoms with Gasteiger partial charge < -0.3 is 5.73 Å². The van der Waals surface area contributed by atoms with Crippen LogP contribution in [-0.4, -0.2) is 16.7 Å². The predicted octanol–water partition coefficient (Wildman–Crippen LogP) is 2.08. The molecule has 0 saturated carbocycles. The van der Waals surface area contributed by atoms with Gasteiger partial charge in [-0.2, -0.15) is 0 Å². The number of nitrogens with zero attached hydrogens (tertiary/aromatic N) is 1. The number of halogens is 1. The van der Waals surface area contributed by atoms with Crippen molar-refractivity contribution in [1.29, 1.82) is 0 Å². The summed E-state index contributed by atoms with van der Waals surface area (Å²) in [5.74, 6) is -1.04. The minimum atomic E-state index is -0.386. The molecule has 21 heavy (non-hydrogen) atoms. The number of carbonyl (C=O) groups excluding carboxylic acids is 2. The number of carbonyl (C=O) groups is 2. The van der Waals surface area contributed by atoms with E-state index in [1.165, 1.54) is 6.07 Å². The van der Waals surface area contributed by atoms with Gasteiger partial charge in [0.2, 0.25) is 0 Å². The third-order valence-electron chi connectivity index (χ3n) is 3.55. The molecule has 0 saturated heterocycles. The van der Waals surface area contributed by atoms with Crippen LogP contribution in [-0.2, 0) is 13.1 Å². The zero-order valence-electron chi connectivity index (χ0n) is 11.2. The SMILES string of the molecule is NCc1cc(CN2C(=O)c3ccccc3C2=O)ccc1F. The summed E-state index contributed by atoms with van der Waals surface area (Å²) < 4.78 is 13.4. The molecule has 2 aromatic rings. The summed E-state index contributed by atoms with van der Waals surface area (Å²) in [4.78, 5) is 25.6. The minimum absolute atomic E-state index is 0.0712. The summed E-state index contributed by atoms with van der Waals surface area (Å²) >= 11 is 0. The third kappa shape index (κ3) is 2.21.